The highest BCUT2D eigenvalue weighted by Gasteiger charge is 2.31. The van der Waals surface area contributed by atoms with Gasteiger partial charge < -0.3 is 30.0 Å². The summed E-state index contributed by atoms with van der Waals surface area (Å²) in [5, 5.41) is 6.79. The zero-order valence-electron chi connectivity index (χ0n) is 22.3. The van der Waals surface area contributed by atoms with Crippen LogP contribution in [0.1, 0.15) is 29.8 Å². The van der Waals surface area contributed by atoms with Gasteiger partial charge in [0.05, 0.1) is 30.3 Å². The highest BCUT2D eigenvalue weighted by Crippen LogP contribution is 2.41. The first-order valence-electron chi connectivity index (χ1n) is 13.4. The predicted octanol–water partition coefficient (Wildman–Crippen LogP) is 5.01. The van der Waals surface area contributed by atoms with Crippen LogP contribution in [0.15, 0.2) is 66.7 Å². The summed E-state index contributed by atoms with van der Waals surface area (Å²) in [5.41, 5.74) is 6.62. The van der Waals surface area contributed by atoms with Crippen LogP contribution < -0.4 is 15.4 Å². The minimum absolute atomic E-state index is 0.146. The molecule has 39 heavy (non-hydrogen) atoms. The molecule has 1 fully saturated rings. The minimum atomic E-state index is -0.146. The van der Waals surface area contributed by atoms with Crippen LogP contribution >= 0.6 is 0 Å². The number of likely N-dealkylation sites (tertiary alicyclic amines) is 1. The topological polar surface area (TPSA) is 91.5 Å². The Hall–Kier alpha value is -4.14. The van der Waals surface area contributed by atoms with Gasteiger partial charge in [0.2, 0.25) is 0 Å². The van der Waals surface area contributed by atoms with Crippen LogP contribution in [0.4, 0.5) is 11.4 Å². The van der Waals surface area contributed by atoms with Gasteiger partial charge in [0.25, 0.3) is 5.91 Å². The monoisotopic (exact) mass is 523 g/mol. The van der Waals surface area contributed by atoms with Crippen molar-refractivity contribution in [3.8, 4) is 5.75 Å². The first-order valence-corrected chi connectivity index (χ1v) is 13.4. The number of rotatable bonds is 8. The van der Waals surface area contributed by atoms with Gasteiger partial charge in [-0.15, -0.1) is 0 Å². The number of nitrogens with one attached hydrogen (secondary N) is 3. The molecule has 1 amide bonds. The molecule has 6 rings (SSSR count). The van der Waals surface area contributed by atoms with E-state index in [4.69, 9.17) is 14.5 Å². The van der Waals surface area contributed by atoms with Crippen molar-refractivity contribution < 1.29 is 14.3 Å². The predicted molar refractivity (Wildman–Crippen MR) is 155 cm³/mol. The second-order valence-corrected chi connectivity index (χ2v) is 10.1. The number of imidazole rings is 1. The fourth-order valence-electron chi connectivity index (χ4n) is 5.51. The molecular weight excluding hydrogens is 490 g/mol. The molecule has 2 aliphatic rings. The number of para-hydroxylation sites is 2. The van der Waals surface area contributed by atoms with Crippen molar-refractivity contribution in [1.82, 2.24) is 14.9 Å². The molecular formula is C31H33N5O3. The molecule has 0 unspecified atom stereocenters. The number of anilines is 2. The molecule has 3 aromatic carbocycles. The summed E-state index contributed by atoms with van der Waals surface area (Å²) in [6.07, 6.45) is 2.13. The van der Waals surface area contributed by atoms with Gasteiger partial charge in [-0.3, -0.25) is 4.79 Å². The van der Waals surface area contributed by atoms with E-state index in [1.165, 1.54) is 0 Å². The summed E-state index contributed by atoms with van der Waals surface area (Å²) in [7, 11) is 3.39. The smallest absolute Gasteiger partial charge is 0.257 e. The summed E-state index contributed by atoms with van der Waals surface area (Å²) in [5.74, 6) is 1.21. The average molecular weight is 524 g/mol. The maximum Gasteiger partial charge on any atom is 0.257 e. The minimum Gasteiger partial charge on any atom is -0.497 e. The molecule has 2 aliphatic heterocycles. The largest absolute Gasteiger partial charge is 0.497 e. The summed E-state index contributed by atoms with van der Waals surface area (Å²) in [6, 6.07) is 22.2. The third-order valence-electron chi connectivity index (χ3n) is 7.57. The number of piperidine rings is 1. The van der Waals surface area contributed by atoms with Gasteiger partial charge in [0, 0.05) is 55.3 Å². The lowest BCUT2D eigenvalue weighted by Crippen LogP contribution is -2.40. The number of amides is 1. The van der Waals surface area contributed by atoms with Crippen LogP contribution in [0, 0.1) is 0 Å². The number of aromatic nitrogens is 2. The van der Waals surface area contributed by atoms with E-state index >= 15 is 0 Å². The summed E-state index contributed by atoms with van der Waals surface area (Å²) in [6.45, 7) is 3.82. The first kappa shape index (κ1) is 25.2. The number of fused-ring (bicyclic) bond motifs is 2. The van der Waals surface area contributed by atoms with Gasteiger partial charge in [0.1, 0.15) is 11.6 Å². The highest BCUT2D eigenvalue weighted by molar-refractivity contribution is 6.38. The number of H-pyrrole nitrogens is 1. The Labute approximate surface area is 228 Å². The maximum atomic E-state index is 13.5. The number of ether oxygens (including phenoxy) is 2. The van der Waals surface area contributed by atoms with E-state index in [9.17, 15) is 4.79 Å². The van der Waals surface area contributed by atoms with E-state index in [1.54, 1.807) is 14.2 Å². The van der Waals surface area contributed by atoms with Crippen LogP contribution in [0.3, 0.4) is 0 Å². The number of hydrogen-bond acceptors (Lipinski definition) is 6. The molecule has 4 aromatic rings. The second kappa shape index (κ2) is 10.9. The number of hydrogen-bond donors (Lipinski definition) is 3. The number of carbonyl (C=O) groups is 1. The van der Waals surface area contributed by atoms with Crippen LogP contribution in [0.5, 0.6) is 5.75 Å². The Kier molecular flexibility index (Phi) is 7.04. The lowest BCUT2D eigenvalue weighted by atomic mass is 9.94. The van der Waals surface area contributed by atoms with Crippen molar-refractivity contribution in [1.29, 1.82) is 0 Å². The molecule has 0 spiro atoms. The van der Waals surface area contributed by atoms with Gasteiger partial charge in [-0.2, -0.15) is 0 Å². The van der Waals surface area contributed by atoms with Gasteiger partial charge >= 0.3 is 0 Å². The van der Waals surface area contributed by atoms with Crippen molar-refractivity contribution in [3.63, 3.8) is 0 Å². The summed E-state index contributed by atoms with van der Waals surface area (Å²) >= 11 is 0. The molecule has 8 heteroatoms. The van der Waals surface area contributed by atoms with E-state index in [1.807, 2.05) is 60.7 Å². The highest BCUT2D eigenvalue weighted by atomic mass is 16.5. The average Bonchev–Trinajstić information content (AvgIpc) is 3.53. The third kappa shape index (κ3) is 5.13. The van der Waals surface area contributed by atoms with E-state index < -0.39 is 0 Å². The Balaban J connectivity index is 1.39. The van der Waals surface area contributed by atoms with E-state index in [0.29, 0.717) is 23.2 Å². The van der Waals surface area contributed by atoms with Gasteiger partial charge in [-0.05, 0) is 60.9 Å². The molecule has 3 heterocycles. The fraction of sp³-hybridized carbons (Fsp3) is 0.290. The molecule has 1 aromatic heterocycles. The van der Waals surface area contributed by atoms with E-state index in [-0.39, 0.29) is 5.91 Å². The molecule has 0 aliphatic carbocycles. The Morgan fingerprint density at radius 3 is 2.69 bits per heavy atom. The van der Waals surface area contributed by atoms with Crippen LogP contribution in [-0.4, -0.2) is 67.3 Å². The van der Waals surface area contributed by atoms with Crippen molar-refractivity contribution >= 4 is 39.5 Å². The van der Waals surface area contributed by atoms with Gasteiger partial charge in [-0.1, -0.05) is 24.3 Å². The van der Waals surface area contributed by atoms with Crippen molar-refractivity contribution in [2.24, 2.45) is 0 Å². The van der Waals surface area contributed by atoms with Crippen molar-refractivity contribution in [2.45, 2.75) is 18.9 Å². The molecule has 200 valence electrons. The molecule has 0 radical (unpaired) electrons. The number of aromatic amines is 1. The lowest BCUT2D eigenvalue weighted by molar-refractivity contribution is -0.110. The molecule has 3 N–H and O–H groups in total. The van der Waals surface area contributed by atoms with Crippen LogP contribution in [-0.2, 0) is 9.53 Å². The maximum absolute atomic E-state index is 13.5. The van der Waals surface area contributed by atoms with E-state index in [0.717, 1.165) is 78.2 Å². The molecule has 0 atom stereocenters. The standard InChI is InChI=1S/C31H33N5O3/c1-38-17-16-36-14-12-21(13-15-36)32-22-10-11-25-24(19-22)29(31(37)35-25)28(20-6-5-7-23(18-20)39-2)30-33-26-8-3-4-9-27(26)34-30/h3-11,18-19,21,32H,12-17H2,1-2H3,(H,33,34)(H,35,37). The normalized spacial score (nSPS) is 17.2. The molecule has 8 nitrogen and oxygen atoms in total. The summed E-state index contributed by atoms with van der Waals surface area (Å²) < 4.78 is 10.8. The van der Waals surface area contributed by atoms with Gasteiger partial charge in [0.15, 0.2) is 0 Å². The van der Waals surface area contributed by atoms with Gasteiger partial charge in [-0.25, -0.2) is 4.98 Å². The van der Waals surface area contributed by atoms with E-state index in [2.05, 4.69) is 26.6 Å². The van der Waals surface area contributed by atoms with Crippen molar-refractivity contribution in [3.05, 3.63) is 83.7 Å². The first-order chi connectivity index (χ1) is 19.1. The quantitative estimate of drug-likeness (QED) is 0.282. The van der Waals surface area contributed by atoms with Crippen LogP contribution in [0.25, 0.3) is 22.2 Å². The number of nitrogens with zero attached hydrogens (tertiary/aromatic N) is 2. The Morgan fingerprint density at radius 1 is 1.05 bits per heavy atom. The fourth-order valence-corrected chi connectivity index (χ4v) is 5.51. The second-order valence-electron chi connectivity index (χ2n) is 10.1. The van der Waals surface area contributed by atoms with Crippen molar-refractivity contribution in [2.75, 3.05) is 51.1 Å². The summed E-state index contributed by atoms with van der Waals surface area (Å²) in [4.78, 5) is 24.3. The number of methoxy groups -OCH3 is 2. The molecule has 1 saturated heterocycles. The number of benzene rings is 3. The Bertz CT molecular complexity index is 1500. The third-order valence-corrected chi connectivity index (χ3v) is 7.57. The zero-order valence-corrected chi connectivity index (χ0v) is 22.3. The lowest BCUT2D eigenvalue weighted by Gasteiger charge is -2.32. The molecule has 0 bridgehead atoms. The SMILES string of the molecule is COCCN1CCC(Nc2ccc3c(c2)C(=C(c2cccc(OC)c2)c2nc4ccccc4[nH]2)C(=O)N3)CC1. The zero-order chi connectivity index (χ0) is 26.8. The number of carbonyl (C=O) groups excluding carboxylic acids is 1. The molecule has 0 saturated carbocycles. The Morgan fingerprint density at radius 2 is 1.90 bits per heavy atom. The van der Waals surface area contributed by atoms with Crippen LogP contribution in [0.2, 0.25) is 0 Å².